The second-order valence-corrected chi connectivity index (χ2v) is 4.86. The molecule has 0 spiro atoms. The van der Waals surface area contributed by atoms with Gasteiger partial charge in [-0.1, -0.05) is 18.2 Å². The first-order valence-electron chi connectivity index (χ1n) is 6.66. The average Bonchev–Trinajstić information content (AvgIpc) is 2.46. The SMILES string of the molecule is CC(C)NC(=O)c1cnc(NCc2ccccc2F)cn1. The zero-order chi connectivity index (χ0) is 15.2. The lowest BCUT2D eigenvalue weighted by molar-refractivity contribution is 0.0937. The number of amides is 1. The molecule has 21 heavy (non-hydrogen) atoms. The fourth-order valence-corrected chi connectivity index (χ4v) is 1.70. The zero-order valence-electron chi connectivity index (χ0n) is 11.9. The Balaban J connectivity index is 1.97. The van der Waals surface area contributed by atoms with Crippen LogP contribution in [0.4, 0.5) is 10.2 Å². The molecule has 0 radical (unpaired) electrons. The molecule has 1 amide bonds. The molecule has 0 aliphatic carbocycles. The summed E-state index contributed by atoms with van der Waals surface area (Å²) in [5.74, 6) is -0.0524. The van der Waals surface area contributed by atoms with Crippen LogP contribution in [0.3, 0.4) is 0 Å². The van der Waals surface area contributed by atoms with Gasteiger partial charge in [-0.15, -0.1) is 0 Å². The number of carbonyl (C=O) groups is 1. The highest BCUT2D eigenvalue weighted by Gasteiger charge is 2.09. The fraction of sp³-hybridized carbons (Fsp3) is 0.267. The highest BCUT2D eigenvalue weighted by molar-refractivity contribution is 5.92. The quantitative estimate of drug-likeness (QED) is 0.886. The molecule has 0 atom stereocenters. The van der Waals surface area contributed by atoms with E-state index >= 15 is 0 Å². The number of nitrogens with one attached hydrogen (secondary N) is 2. The van der Waals surface area contributed by atoms with Crippen molar-refractivity contribution < 1.29 is 9.18 Å². The largest absolute Gasteiger partial charge is 0.365 e. The van der Waals surface area contributed by atoms with Crippen LogP contribution in [0.1, 0.15) is 29.9 Å². The minimum absolute atomic E-state index is 0.0400. The van der Waals surface area contributed by atoms with Gasteiger partial charge in [0.15, 0.2) is 0 Å². The van der Waals surface area contributed by atoms with Crippen LogP contribution in [0.25, 0.3) is 0 Å². The maximum Gasteiger partial charge on any atom is 0.271 e. The van der Waals surface area contributed by atoms with Gasteiger partial charge in [-0.05, 0) is 19.9 Å². The Hall–Kier alpha value is -2.50. The molecule has 1 heterocycles. The van der Waals surface area contributed by atoms with E-state index in [2.05, 4.69) is 20.6 Å². The molecule has 0 aliphatic rings. The summed E-state index contributed by atoms with van der Waals surface area (Å²) in [6, 6.07) is 6.55. The molecule has 0 fully saturated rings. The topological polar surface area (TPSA) is 66.9 Å². The smallest absolute Gasteiger partial charge is 0.271 e. The molecule has 1 aromatic carbocycles. The van der Waals surface area contributed by atoms with Crippen molar-refractivity contribution in [3.63, 3.8) is 0 Å². The number of anilines is 1. The van der Waals surface area contributed by atoms with E-state index in [0.717, 1.165) is 0 Å². The summed E-state index contributed by atoms with van der Waals surface area (Å²) < 4.78 is 13.5. The van der Waals surface area contributed by atoms with Crippen LogP contribution in [-0.4, -0.2) is 21.9 Å². The van der Waals surface area contributed by atoms with Crippen molar-refractivity contribution in [2.24, 2.45) is 0 Å². The molecule has 5 nitrogen and oxygen atoms in total. The second-order valence-electron chi connectivity index (χ2n) is 4.86. The van der Waals surface area contributed by atoms with Crippen LogP contribution < -0.4 is 10.6 Å². The fourth-order valence-electron chi connectivity index (χ4n) is 1.70. The Morgan fingerprint density at radius 3 is 2.62 bits per heavy atom. The number of hydrogen-bond acceptors (Lipinski definition) is 4. The van der Waals surface area contributed by atoms with Gasteiger partial charge in [-0.25, -0.2) is 14.4 Å². The predicted molar refractivity (Wildman–Crippen MR) is 78.4 cm³/mol. The zero-order valence-corrected chi connectivity index (χ0v) is 11.9. The minimum Gasteiger partial charge on any atom is -0.365 e. The third-order valence-electron chi connectivity index (χ3n) is 2.72. The molecule has 0 unspecified atom stereocenters. The summed E-state index contributed by atoms with van der Waals surface area (Å²) in [4.78, 5) is 19.8. The highest BCUT2D eigenvalue weighted by Crippen LogP contribution is 2.09. The van der Waals surface area contributed by atoms with E-state index in [4.69, 9.17) is 0 Å². The third kappa shape index (κ3) is 4.24. The Bertz CT molecular complexity index is 613. The van der Waals surface area contributed by atoms with Crippen LogP contribution in [0.15, 0.2) is 36.7 Å². The van der Waals surface area contributed by atoms with Crippen molar-refractivity contribution in [3.05, 3.63) is 53.7 Å². The number of halogens is 1. The van der Waals surface area contributed by atoms with Gasteiger partial charge in [0.05, 0.1) is 12.4 Å². The van der Waals surface area contributed by atoms with Crippen molar-refractivity contribution >= 4 is 11.7 Å². The lowest BCUT2D eigenvalue weighted by Gasteiger charge is -2.09. The van der Waals surface area contributed by atoms with Gasteiger partial charge >= 0.3 is 0 Å². The Kier molecular flexibility index (Phi) is 4.81. The van der Waals surface area contributed by atoms with Crippen LogP contribution in [0.2, 0.25) is 0 Å². The van der Waals surface area contributed by atoms with E-state index in [1.54, 1.807) is 18.2 Å². The number of nitrogens with zero attached hydrogens (tertiary/aromatic N) is 2. The van der Waals surface area contributed by atoms with Gasteiger partial charge < -0.3 is 10.6 Å². The molecule has 2 N–H and O–H groups in total. The first kappa shape index (κ1) is 14.9. The van der Waals surface area contributed by atoms with Crippen molar-refractivity contribution in [1.82, 2.24) is 15.3 Å². The second kappa shape index (κ2) is 6.78. The first-order valence-corrected chi connectivity index (χ1v) is 6.66. The lowest BCUT2D eigenvalue weighted by atomic mass is 10.2. The van der Waals surface area contributed by atoms with E-state index in [9.17, 15) is 9.18 Å². The number of benzene rings is 1. The Morgan fingerprint density at radius 2 is 2.00 bits per heavy atom. The summed E-state index contributed by atoms with van der Waals surface area (Å²) in [5.41, 5.74) is 0.793. The molecule has 2 rings (SSSR count). The van der Waals surface area contributed by atoms with Crippen molar-refractivity contribution in [2.75, 3.05) is 5.32 Å². The van der Waals surface area contributed by atoms with Gasteiger partial charge in [-0.3, -0.25) is 4.79 Å². The first-order chi connectivity index (χ1) is 10.1. The molecule has 0 saturated heterocycles. The molecule has 2 aromatic rings. The van der Waals surface area contributed by atoms with Crippen LogP contribution in [-0.2, 0) is 6.54 Å². The van der Waals surface area contributed by atoms with Gasteiger partial charge in [0, 0.05) is 18.2 Å². The molecule has 0 saturated carbocycles. The van der Waals surface area contributed by atoms with Gasteiger partial charge in [0.2, 0.25) is 0 Å². The summed E-state index contributed by atoms with van der Waals surface area (Å²) in [7, 11) is 0. The number of hydrogen-bond donors (Lipinski definition) is 2. The maximum absolute atomic E-state index is 13.5. The summed E-state index contributed by atoms with van der Waals surface area (Å²) in [6.45, 7) is 4.05. The molecular formula is C15H17FN4O. The van der Waals surface area contributed by atoms with Crippen molar-refractivity contribution in [3.8, 4) is 0 Å². The Labute approximate surface area is 122 Å². The molecule has 110 valence electrons. The lowest BCUT2D eigenvalue weighted by Crippen LogP contribution is -2.30. The van der Waals surface area contributed by atoms with Crippen LogP contribution in [0, 0.1) is 5.82 Å². The van der Waals surface area contributed by atoms with Gasteiger partial charge in [0.1, 0.15) is 17.3 Å². The monoisotopic (exact) mass is 288 g/mol. The third-order valence-corrected chi connectivity index (χ3v) is 2.72. The molecule has 0 aliphatic heterocycles. The van der Waals surface area contributed by atoms with Gasteiger partial charge in [0.25, 0.3) is 5.91 Å². The standard InChI is InChI=1S/C15H17FN4O/c1-10(2)20-15(21)13-8-19-14(9-17-13)18-7-11-5-3-4-6-12(11)16/h3-6,8-10H,7H2,1-2H3,(H,18,19)(H,20,21). The molecule has 1 aromatic heterocycles. The summed E-state index contributed by atoms with van der Waals surface area (Å²) in [5, 5.41) is 5.70. The average molecular weight is 288 g/mol. The number of rotatable bonds is 5. The van der Waals surface area contributed by atoms with E-state index in [1.807, 2.05) is 13.8 Å². The van der Waals surface area contributed by atoms with Crippen LogP contribution in [0.5, 0.6) is 0 Å². The number of aromatic nitrogens is 2. The van der Waals surface area contributed by atoms with Gasteiger partial charge in [-0.2, -0.15) is 0 Å². The maximum atomic E-state index is 13.5. The Morgan fingerprint density at radius 1 is 1.24 bits per heavy atom. The normalized spacial score (nSPS) is 10.5. The molecule has 0 bridgehead atoms. The van der Waals surface area contributed by atoms with E-state index < -0.39 is 0 Å². The van der Waals surface area contributed by atoms with Crippen molar-refractivity contribution in [2.45, 2.75) is 26.4 Å². The van der Waals surface area contributed by atoms with Crippen LogP contribution >= 0.6 is 0 Å². The van der Waals surface area contributed by atoms with Crippen molar-refractivity contribution in [1.29, 1.82) is 0 Å². The number of carbonyl (C=O) groups excluding carboxylic acids is 1. The van der Waals surface area contributed by atoms with E-state index in [0.29, 0.717) is 17.9 Å². The highest BCUT2D eigenvalue weighted by atomic mass is 19.1. The molecular weight excluding hydrogens is 271 g/mol. The summed E-state index contributed by atoms with van der Waals surface area (Å²) in [6.07, 6.45) is 2.84. The van der Waals surface area contributed by atoms with E-state index in [-0.39, 0.29) is 23.5 Å². The van der Waals surface area contributed by atoms with E-state index in [1.165, 1.54) is 18.5 Å². The molecule has 6 heteroatoms. The minimum atomic E-state index is -0.272. The predicted octanol–water partition coefficient (Wildman–Crippen LogP) is 2.37. The summed E-state index contributed by atoms with van der Waals surface area (Å²) >= 11 is 0.